The molecule has 15 heavy (non-hydrogen) atoms. The van der Waals surface area contributed by atoms with Gasteiger partial charge in [-0.2, -0.15) is 0 Å². The number of aliphatic hydroxyl groups is 1. The quantitative estimate of drug-likeness (QED) is 0.839. The lowest BCUT2D eigenvalue weighted by Crippen LogP contribution is -2.21. The monoisotopic (exact) mass is 229 g/mol. The summed E-state index contributed by atoms with van der Waals surface area (Å²) in [4.78, 5) is 2.07. The van der Waals surface area contributed by atoms with Gasteiger partial charge in [-0.15, -0.1) is 0 Å². The van der Waals surface area contributed by atoms with Crippen molar-refractivity contribution in [2.75, 3.05) is 13.1 Å². The molecule has 1 aliphatic heterocycles. The van der Waals surface area contributed by atoms with Crippen LogP contribution in [0.4, 0.5) is 4.39 Å². The first-order valence-corrected chi connectivity index (χ1v) is 5.38. The predicted octanol–water partition coefficient (Wildman–Crippen LogP) is 2.05. The topological polar surface area (TPSA) is 23.5 Å². The second-order valence-corrected chi connectivity index (χ2v) is 4.27. The number of rotatable bonds is 2. The molecule has 1 N–H and O–H groups in total. The zero-order chi connectivity index (χ0) is 10.8. The highest BCUT2D eigenvalue weighted by Crippen LogP contribution is 2.22. The van der Waals surface area contributed by atoms with E-state index in [1.807, 2.05) is 6.07 Å². The van der Waals surface area contributed by atoms with Crippen LogP contribution in [-0.4, -0.2) is 29.2 Å². The molecule has 1 aliphatic rings. The fraction of sp³-hybridized carbons (Fsp3) is 0.455. The number of β-amino-alcohol motifs (C(OH)–C–C–N with tert-alkyl or cyclic N) is 1. The van der Waals surface area contributed by atoms with Gasteiger partial charge in [0.15, 0.2) is 0 Å². The largest absolute Gasteiger partial charge is 0.392 e. The summed E-state index contributed by atoms with van der Waals surface area (Å²) in [6.45, 7) is 2.09. The summed E-state index contributed by atoms with van der Waals surface area (Å²) in [5.74, 6) is -0.381. The summed E-state index contributed by atoms with van der Waals surface area (Å²) in [5.41, 5.74) is 0.783. The molecule has 0 aromatic heterocycles. The maximum Gasteiger partial charge on any atom is 0.142 e. The molecule has 1 atom stereocenters. The van der Waals surface area contributed by atoms with E-state index in [1.54, 1.807) is 6.07 Å². The fourth-order valence-electron chi connectivity index (χ4n) is 1.87. The molecule has 0 aliphatic carbocycles. The minimum Gasteiger partial charge on any atom is -0.392 e. The van der Waals surface area contributed by atoms with E-state index in [2.05, 4.69) is 4.90 Å². The molecule has 1 heterocycles. The Bertz CT molecular complexity index is 358. The van der Waals surface area contributed by atoms with Crippen LogP contribution in [0.15, 0.2) is 18.2 Å². The van der Waals surface area contributed by atoms with Crippen molar-refractivity contribution in [2.45, 2.75) is 19.1 Å². The molecule has 0 radical (unpaired) electrons. The van der Waals surface area contributed by atoms with Gasteiger partial charge >= 0.3 is 0 Å². The summed E-state index contributed by atoms with van der Waals surface area (Å²) < 4.78 is 13.1. The smallest absolute Gasteiger partial charge is 0.142 e. The molecule has 2 rings (SSSR count). The normalized spacial score (nSPS) is 22.2. The van der Waals surface area contributed by atoms with E-state index in [1.165, 1.54) is 6.07 Å². The van der Waals surface area contributed by atoms with E-state index in [0.29, 0.717) is 13.1 Å². The zero-order valence-corrected chi connectivity index (χ0v) is 9.04. The van der Waals surface area contributed by atoms with Crippen LogP contribution >= 0.6 is 11.6 Å². The lowest BCUT2D eigenvalue weighted by atomic mass is 10.2. The first kappa shape index (κ1) is 10.9. The van der Waals surface area contributed by atoms with E-state index in [9.17, 15) is 9.50 Å². The standard InChI is InChI=1S/C11H13ClFNO/c12-11-8(2-1-3-10(11)13)6-14-5-4-9(15)7-14/h1-3,9,15H,4-7H2. The van der Waals surface area contributed by atoms with Crippen molar-refractivity contribution in [3.63, 3.8) is 0 Å². The van der Waals surface area contributed by atoms with E-state index in [0.717, 1.165) is 18.5 Å². The highest BCUT2D eigenvalue weighted by molar-refractivity contribution is 6.31. The molecule has 4 heteroatoms. The van der Waals surface area contributed by atoms with Crippen LogP contribution in [0.1, 0.15) is 12.0 Å². The van der Waals surface area contributed by atoms with E-state index < -0.39 is 0 Å². The molecule has 1 unspecified atom stereocenters. The number of aliphatic hydroxyl groups excluding tert-OH is 1. The maximum absolute atomic E-state index is 13.1. The van der Waals surface area contributed by atoms with E-state index in [4.69, 9.17) is 11.6 Å². The maximum atomic E-state index is 13.1. The van der Waals surface area contributed by atoms with Gasteiger partial charge in [0.1, 0.15) is 5.82 Å². The van der Waals surface area contributed by atoms with Gasteiger partial charge in [0.05, 0.1) is 11.1 Å². The average molecular weight is 230 g/mol. The number of hydrogen-bond acceptors (Lipinski definition) is 2. The van der Waals surface area contributed by atoms with Crippen LogP contribution in [0.2, 0.25) is 5.02 Å². The van der Waals surface area contributed by atoms with Gasteiger partial charge in [-0.25, -0.2) is 4.39 Å². The highest BCUT2D eigenvalue weighted by Gasteiger charge is 2.21. The van der Waals surface area contributed by atoms with Gasteiger partial charge in [-0.05, 0) is 18.1 Å². The first-order chi connectivity index (χ1) is 7.16. The highest BCUT2D eigenvalue weighted by atomic mass is 35.5. The minimum atomic E-state index is -0.381. The zero-order valence-electron chi connectivity index (χ0n) is 8.29. The van der Waals surface area contributed by atoms with Crippen LogP contribution in [0, 0.1) is 5.82 Å². The van der Waals surface area contributed by atoms with Gasteiger partial charge < -0.3 is 5.11 Å². The van der Waals surface area contributed by atoms with E-state index in [-0.39, 0.29) is 16.9 Å². The molecule has 1 aromatic rings. The molecule has 0 bridgehead atoms. The van der Waals surface area contributed by atoms with Crippen molar-refractivity contribution in [2.24, 2.45) is 0 Å². The summed E-state index contributed by atoms with van der Waals surface area (Å²) in [7, 11) is 0. The van der Waals surface area contributed by atoms with E-state index >= 15 is 0 Å². The Hall–Kier alpha value is -0.640. The van der Waals surface area contributed by atoms with Crippen LogP contribution in [0.3, 0.4) is 0 Å². The molecule has 1 aromatic carbocycles. The molecule has 0 amide bonds. The molecular weight excluding hydrogens is 217 g/mol. The Morgan fingerprint density at radius 3 is 3.00 bits per heavy atom. The molecule has 0 spiro atoms. The predicted molar refractivity (Wildman–Crippen MR) is 57.3 cm³/mol. The van der Waals surface area contributed by atoms with Gasteiger partial charge in [0.25, 0.3) is 0 Å². The average Bonchev–Trinajstić information content (AvgIpc) is 2.59. The van der Waals surface area contributed by atoms with Crippen molar-refractivity contribution < 1.29 is 9.50 Å². The fourth-order valence-corrected chi connectivity index (χ4v) is 2.05. The first-order valence-electron chi connectivity index (χ1n) is 5.00. The third-order valence-corrected chi connectivity index (χ3v) is 3.10. The minimum absolute atomic E-state index is 0.193. The Morgan fingerprint density at radius 1 is 1.53 bits per heavy atom. The number of nitrogens with zero attached hydrogens (tertiary/aromatic N) is 1. The summed E-state index contributed by atoms with van der Waals surface area (Å²) in [6.07, 6.45) is 0.532. The number of benzene rings is 1. The number of halogens is 2. The lowest BCUT2D eigenvalue weighted by molar-refractivity contribution is 0.175. The third kappa shape index (κ3) is 2.48. The SMILES string of the molecule is OC1CCN(Cc2cccc(F)c2Cl)C1. The molecule has 82 valence electrons. The Kier molecular flexibility index (Phi) is 3.24. The second-order valence-electron chi connectivity index (χ2n) is 3.89. The Labute approximate surface area is 93.3 Å². The van der Waals surface area contributed by atoms with Gasteiger partial charge in [0, 0.05) is 19.6 Å². The van der Waals surface area contributed by atoms with Crippen LogP contribution in [0.5, 0.6) is 0 Å². The van der Waals surface area contributed by atoms with Crippen LogP contribution < -0.4 is 0 Å². The Balaban J connectivity index is 2.07. The van der Waals surface area contributed by atoms with Crippen LogP contribution in [0.25, 0.3) is 0 Å². The summed E-state index contributed by atoms with van der Waals surface area (Å²) in [6, 6.07) is 4.82. The van der Waals surface area contributed by atoms with Crippen molar-refractivity contribution in [3.8, 4) is 0 Å². The van der Waals surface area contributed by atoms with Crippen molar-refractivity contribution in [1.29, 1.82) is 0 Å². The second kappa shape index (κ2) is 4.47. The molecular formula is C11H13ClFNO. The lowest BCUT2D eigenvalue weighted by Gasteiger charge is -2.15. The summed E-state index contributed by atoms with van der Waals surface area (Å²) in [5, 5.41) is 9.55. The van der Waals surface area contributed by atoms with Crippen LogP contribution in [-0.2, 0) is 6.54 Å². The molecule has 1 saturated heterocycles. The number of hydrogen-bond donors (Lipinski definition) is 1. The van der Waals surface area contributed by atoms with Crippen molar-refractivity contribution >= 4 is 11.6 Å². The molecule has 1 fully saturated rings. The molecule has 0 saturated carbocycles. The summed E-state index contributed by atoms with van der Waals surface area (Å²) >= 11 is 5.84. The Morgan fingerprint density at radius 2 is 2.33 bits per heavy atom. The molecule has 2 nitrogen and oxygen atoms in total. The number of likely N-dealkylation sites (tertiary alicyclic amines) is 1. The van der Waals surface area contributed by atoms with Gasteiger partial charge in [-0.3, -0.25) is 4.90 Å². The van der Waals surface area contributed by atoms with Crippen molar-refractivity contribution in [1.82, 2.24) is 4.90 Å². The third-order valence-electron chi connectivity index (χ3n) is 2.67. The van der Waals surface area contributed by atoms with Gasteiger partial charge in [0.2, 0.25) is 0 Å². The van der Waals surface area contributed by atoms with Crippen molar-refractivity contribution in [3.05, 3.63) is 34.6 Å². The van der Waals surface area contributed by atoms with Gasteiger partial charge in [-0.1, -0.05) is 23.7 Å².